The number of carbonyl (C=O) groups excluding carboxylic acids is 2. The van der Waals surface area contributed by atoms with Gasteiger partial charge in [-0.05, 0) is 26.4 Å². The number of hydrogen-bond donors (Lipinski definition) is 0. The molecule has 0 amide bonds. The Morgan fingerprint density at radius 3 is 1.57 bits per heavy atom. The molecule has 0 aliphatic heterocycles. The van der Waals surface area contributed by atoms with Crippen LogP contribution in [0.1, 0.15) is 13.8 Å². The molecule has 82 valence electrons. The summed E-state index contributed by atoms with van der Waals surface area (Å²) in [6, 6.07) is 0. The minimum absolute atomic E-state index is 0.105. The maximum Gasteiger partial charge on any atom is 0.351 e. The van der Waals surface area contributed by atoms with Gasteiger partial charge in [0.1, 0.15) is 0 Å². The second kappa shape index (κ2) is 6.59. The Hall–Kier alpha value is -0.840. The van der Waals surface area contributed by atoms with Crippen LogP contribution in [-0.2, 0) is 19.1 Å². The van der Waals surface area contributed by atoms with Gasteiger partial charge < -0.3 is 9.47 Å². The van der Waals surface area contributed by atoms with Crippen molar-refractivity contribution in [2.75, 3.05) is 25.7 Å². The Morgan fingerprint density at radius 2 is 1.36 bits per heavy atom. The topological polar surface area (TPSA) is 52.6 Å². The number of hydrogen-bond acceptors (Lipinski definition) is 4. The molecule has 0 atom stereocenters. The lowest BCUT2D eigenvalue weighted by Gasteiger charge is -2.07. The summed E-state index contributed by atoms with van der Waals surface area (Å²) in [6.45, 7) is 3.92. The molecule has 0 heterocycles. The molecule has 0 rings (SSSR count). The van der Waals surface area contributed by atoms with Crippen molar-refractivity contribution in [3.8, 4) is 0 Å². The molecule has 0 saturated carbocycles. The fraction of sp³-hybridized carbons (Fsp3) is 0.667. The first kappa shape index (κ1) is 13.2. The highest BCUT2D eigenvalue weighted by Crippen LogP contribution is 2.06. The Bertz CT molecular complexity index is 234. The first-order valence-electron chi connectivity index (χ1n) is 4.33. The van der Waals surface area contributed by atoms with Crippen molar-refractivity contribution in [3.63, 3.8) is 0 Å². The fourth-order valence-electron chi connectivity index (χ4n) is 0.810. The molecule has 0 aliphatic carbocycles. The van der Waals surface area contributed by atoms with Gasteiger partial charge in [-0.15, -0.1) is 0 Å². The van der Waals surface area contributed by atoms with Crippen molar-refractivity contribution in [2.45, 2.75) is 13.8 Å². The van der Waals surface area contributed by atoms with Crippen LogP contribution in [0.15, 0.2) is 0 Å². The summed E-state index contributed by atoms with van der Waals surface area (Å²) >= 11 is 0. The molecule has 0 radical (unpaired) electrons. The van der Waals surface area contributed by atoms with E-state index in [1.807, 2.05) is 0 Å². The Morgan fingerprint density at radius 1 is 1.00 bits per heavy atom. The van der Waals surface area contributed by atoms with Crippen molar-refractivity contribution in [1.82, 2.24) is 0 Å². The van der Waals surface area contributed by atoms with E-state index >= 15 is 0 Å². The van der Waals surface area contributed by atoms with Crippen LogP contribution in [0.25, 0.3) is 0 Å². The third-order valence-corrected chi connectivity index (χ3v) is 2.48. The van der Waals surface area contributed by atoms with Crippen LogP contribution in [0, 0.1) is 0 Å². The zero-order valence-corrected chi connectivity index (χ0v) is 9.77. The van der Waals surface area contributed by atoms with E-state index in [0.29, 0.717) is 0 Å². The van der Waals surface area contributed by atoms with Crippen LogP contribution < -0.4 is 0 Å². The average Bonchev–Trinajstić information content (AvgIpc) is 2.04. The summed E-state index contributed by atoms with van der Waals surface area (Å²) in [7, 11) is -0.449. The largest absolute Gasteiger partial charge is 0.462 e. The van der Waals surface area contributed by atoms with Crippen LogP contribution in [-0.4, -0.2) is 42.5 Å². The third-order valence-electron chi connectivity index (χ3n) is 1.33. The molecule has 5 heteroatoms. The lowest BCUT2D eigenvalue weighted by Crippen LogP contribution is -2.28. The highest BCUT2D eigenvalue weighted by atomic mass is 32.2. The molecule has 0 spiro atoms. The molecule has 0 N–H and O–H groups in total. The van der Waals surface area contributed by atoms with Gasteiger partial charge in [0.2, 0.25) is 0 Å². The summed E-state index contributed by atoms with van der Waals surface area (Å²) < 4.78 is 9.53. The lowest BCUT2D eigenvalue weighted by atomic mass is 10.4. The van der Waals surface area contributed by atoms with Crippen LogP contribution in [0.4, 0.5) is 0 Å². The molecular formula is C9H16O4S. The molecule has 4 nitrogen and oxygen atoms in total. The van der Waals surface area contributed by atoms with E-state index in [-0.39, 0.29) is 18.1 Å². The summed E-state index contributed by atoms with van der Waals surface area (Å²) in [5, 5.41) is 0. The van der Waals surface area contributed by atoms with Crippen LogP contribution >= 0.6 is 10.5 Å². The maximum absolute atomic E-state index is 11.3. The monoisotopic (exact) mass is 220 g/mol. The van der Waals surface area contributed by atoms with Gasteiger partial charge in [-0.25, -0.2) is 9.59 Å². The number of esters is 2. The van der Waals surface area contributed by atoms with Crippen molar-refractivity contribution < 1.29 is 19.1 Å². The molecule has 0 unspecified atom stereocenters. The molecule has 0 aromatic carbocycles. The summed E-state index contributed by atoms with van der Waals surface area (Å²) in [4.78, 5) is 22.8. The minimum Gasteiger partial charge on any atom is -0.462 e. The second-order valence-corrected chi connectivity index (χ2v) is 4.63. The SMILES string of the molecule is CCOC(=O)C(C(=O)OCC)=S(C)C. The van der Waals surface area contributed by atoms with E-state index in [0.717, 1.165) is 0 Å². The summed E-state index contributed by atoms with van der Waals surface area (Å²) in [5.41, 5.74) is 0. The standard InChI is InChI=1S/C9H16O4S/c1-5-12-8(10)7(14(3)4)9(11)13-6-2/h5-6H2,1-4H3. The fourth-order valence-corrected chi connectivity index (χ4v) is 1.59. The van der Waals surface area contributed by atoms with Crippen molar-refractivity contribution in [1.29, 1.82) is 0 Å². The number of carbonyl (C=O) groups is 2. The quantitative estimate of drug-likeness (QED) is 0.400. The summed E-state index contributed by atoms with van der Waals surface area (Å²) in [5.74, 6) is -1.14. The third kappa shape index (κ3) is 3.91. The van der Waals surface area contributed by atoms with E-state index in [4.69, 9.17) is 9.47 Å². The Balaban J connectivity index is 4.71. The lowest BCUT2D eigenvalue weighted by molar-refractivity contribution is -0.140. The van der Waals surface area contributed by atoms with E-state index in [1.54, 1.807) is 26.4 Å². The average molecular weight is 220 g/mol. The predicted octanol–water partition coefficient (Wildman–Crippen LogP) is 0.813. The second-order valence-electron chi connectivity index (χ2n) is 2.59. The molecule has 0 bridgehead atoms. The normalized spacial score (nSPS) is 9.79. The van der Waals surface area contributed by atoms with E-state index in [9.17, 15) is 9.59 Å². The van der Waals surface area contributed by atoms with E-state index in [1.165, 1.54) is 0 Å². The van der Waals surface area contributed by atoms with Gasteiger partial charge in [-0.2, -0.15) is 10.5 Å². The predicted molar refractivity (Wildman–Crippen MR) is 57.7 cm³/mol. The zero-order chi connectivity index (χ0) is 11.1. The first-order valence-corrected chi connectivity index (χ1v) is 6.37. The first-order chi connectivity index (χ1) is 6.54. The molecule has 0 aliphatic rings. The van der Waals surface area contributed by atoms with Crippen LogP contribution in [0.2, 0.25) is 0 Å². The van der Waals surface area contributed by atoms with Gasteiger partial charge in [-0.3, -0.25) is 0 Å². The smallest absolute Gasteiger partial charge is 0.351 e. The van der Waals surface area contributed by atoms with Crippen molar-refractivity contribution in [3.05, 3.63) is 0 Å². The Kier molecular flexibility index (Phi) is 6.19. The molecule has 0 fully saturated rings. The Labute approximate surface area is 86.5 Å². The van der Waals surface area contributed by atoms with Gasteiger partial charge in [0.15, 0.2) is 4.86 Å². The van der Waals surface area contributed by atoms with Crippen LogP contribution in [0.3, 0.4) is 0 Å². The van der Waals surface area contributed by atoms with Gasteiger partial charge in [0, 0.05) is 0 Å². The highest BCUT2D eigenvalue weighted by molar-refractivity contribution is 8.16. The molecular weight excluding hydrogens is 204 g/mol. The van der Waals surface area contributed by atoms with Gasteiger partial charge >= 0.3 is 11.9 Å². The highest BCUT2D eigenvalue weighted by Gasteiger charge is 2.22. The minimum atomic E-state index is -0.570. The molecule has 0 aromatic heterocycles. The van der Waals surface area contributed by atoms with Gasteiger partial charge in [0.25, 0.3) is 0 Å². The van der Waals surface area contributed by atoms with Crippen molar-refractivity contribution in [2.24, 2.45) is 0 Å². The molecule has 0 aromatic rings. The van der Waals surface area contributed by atoms with Crippen LogP contribution in [0.5, 0.6) is 0 Å². The van der Waals surface area contributed by atoms with E-state index < -0.39 is 22.4 Å². The molecule has 14 heavy (non-hydrogen) atoms. The number of ether oxygens (including phenoxy) is 2. The number of rotatable bonds is 4. The zero-order valence-electron chi connectivity index (χ0n) is 8.96. The van der Waals surface area contributed by atoms with Gasteiger partial charge in [-0.1, -0.05) is 0 Å². The maximum atomic E-state index is 11.3. The molecule has 0 saturated heterocycles. The summed E-state index contributed by atoms with van der Waals surface area (Å²) in [6.07, 6.45) is 3.56. The van der Waals surface area contributed by atoms with Crippen molar-refractivity contribution >= 4 is 27.3 Å². The van der Waals surface area contributed by atoms with Gasteiger partial charge in [0.05, 0.1) is 13.2 Å². The van der Waals surface area contributed by atoms with E-state index in [2.05, 4.69) is 0 Å².